The molecule has 0 atom stereocenters. The van der Waals surface area contributed by atoms with Gasteiger partial charge < -0.3 is 15.2 Å². The number of anilines is 1. The zero-order valence-electron chi connectivity index (χ0n) is 19.5. The summed E-state index contributed by atoms with van der Waals surface area (Å²) in [7, 11) is 0. The van der Waals surface area contributed by atoms with E-state index in [4.69, 9.17) is 4.98 Å². The summed E-state index contributed by atoms with van der Waals surface area (Å²) in [6.07, 6.45) is 12.2. The molecule has 9 nitrogen and oxygen atoms in total. The lowest BCUT2D eigenvalue weighted by molar-refractivity contribution is 0.578. The van der Waals surface area contributed by atoms with Gasteiger partial charge in [0.25, 0.3) is 0 Å². The maximum Gasteiger partial charge on any atom is 0.161 e. The fraction of sp³-hybridized carbons (Fsp3) is 0.320. The van der Waals surface area contributed by atoms with Crippen molar-refractivity contribution in [1.29, 1.82) is 0 Å². The van der Waals surface area contributed by atoms with Crippen molar-refractivity contribution in [3.05, 3.63) is 48.4 Å². The van der Waals surface area contributed by atoms with E-state index in [2.05, 4.69) is 40.3 Å². The van der Waals surface area contributed by atoms with Gasteiger partial charge in [0.2, 0.25) is 0 Å². The number of hydrogen-bond acceptors (Lipinski definition) is 7. The number of imidazole rings is 1. The van der Waals surface area contributed by atoms with Gasteiger partial charge in [-0.25, -0.2) is 9.37 Å². The van der Waals surface area contributed by atoms with E-state index in [1.807, 2.05) is 19.2 Å². The number of rotatable bonds is 6. The Balaban J connectivity index is 1.44. The molecule has 178 valence electrons. The molecule has 0 unspecified atom stereocenters. The summed E-state index contributed by atoms with van der Waals surface area (Å²) in [4.78, 5) is 23.5. The van der Waals surface area contributed by atoms with Crippen molar-refractivity contribution < 1.29 is 4.39 Å². The molecule has 1 aliphatic heterocycles. The van der Waals surface area contributed by atoms with E-state index in [0.29, 0.717) is 34.5 Å². The first-order valence-corrected chi connectivity index (χ1v) is 12.0. The number of fused-ring (bicyclic) bond motifs is 2. The quantitative estimate of drug-likeness (QED) is 0.340. The minimum absolute atomic E-state index is 0.234. The van der Waals surface area contributed by atoms with Crippen LogP contribution in [0, 0.1) is 5.82 Å². The van der Waals surface area contributed by atoms with Gasteiger partial charge in [-0.3, -0.25) is 20.1 Å². The normalized spacial score (nSPS) is 14.3. The van der Waals surface area contributed by atoms with Crippen LogP contribution in [0.3, 0.4) is 0 Å². The molecule has 5 aromatic rings. The molecule has 35 heavy (non-hydrogen) atoms. The van der Waals surface area contributed by atoms with Gasteiger partial charge in [-0.2, -0.15) is 5.10 Å². The van der Waals surface area contributed by atoms with Gasteiger partial charge in [0.05, 0.1) is 40.7 Å². The Hall–Kier alpha value is -3.92. The van der Waals surface area contributed by atoms with Gasteiger partial charge in [-0.15, -0.1) is 0 Å². The van der Waals surface area contributed by atoms with Gasteiger partial charge in [0.1, 0.15) is 16.9 Å². The molecule has 5 aromatic heterocycles. The van der Waals surface area contributed by atoms with Crippen LogP contribution in [0.15, 0.2) is 37.1 Å². The van der Waals surface area contributed by atoms with Gasteiger partial charge >= 0.3 is 0 Å². The molecule has 0 aliphatic carbocycles. The first-order chi connectivity index (χ1) is 17.2. The second-order valence-electron chi connectivity index (χ2n) is 8.83. The molecule has 0 bridgehead atoms. The largest absolute Gasteiger partial charge is 0.368 e. The predicted molar refractivity (Wildman–Crippen MR) is 133 cm³/mol. The Bertz CT molecular complexity index is 1500. The number of halogens is 1. The molecular weight excluding hydrogens is 445 g/mol. The van der Waals surface area contributed by atoms with E-state index in [1.54, 1.807) is 24.8 Å². The van der Waals surface area contributed by atoms with Crippen LogP contribution >= 0.6 is 0 Å². The molecule has 10 heteroatoms. The lowest BCUT2D eigenvalue weighted by Gasteiger charge is -2.28. The average Bonchev–Trinajstić information content (AvgIpc) is 3.53. The Labute approximate surface area is 201 Å². The molecule has 3 N–H and O–H groups in total. The molecule has 0 amide bonds. The van der Waals surface area contributed by atoms with Crippen LogP contribution in [0.25, 0.3) is 44.7 Å². The average molecular weight is 472 g/mol. The first-order valence-electron chi connectivity index (χ1n) is 12.0. The second-order valence-corrected chi connectivity index (χ2v) is 8.83. The van der Waals surface area contributed by atoms with E-state index in [0.717, 1.165) is 54.8 Å². The van der Waals surface area contributed by atoms with Gasteiger partial charge in [-0.1, -0.05) is 6.92 Å². The van der Waals surface area contributed by atoms with Crippen LogP contribution in [0.5, 0.6) is 0 Å². The third-order valence-electron chi connectivity index (χ3n) is 6.49. The summed E-state index contributed by atoms with van der Waals surface area (Å²) < 4.78 is 15.9. The fourth-order valence-electron chi connectivity index (χ4n) is 4.73. The van der Waals surface area contributed by atoms with Crippen LogP contribution in [-0.2, 0) is 6.54 Å². The molecular formula is C25H26FN9. The highest BCUT2D eigenvalue weighted by Gasteiger charge is 2.22. The highest BCUT2D eigenvalue weighted by atomic mass is 19.1. The van der Waals surface area contributed by atoms with Gasteiger partial charge in [0, 0.05) is 37.6 Å². The van der Waals surface area contributed by atoms with E-state index in [-0.39, 0.29) is 5.69 Å². The molecule has 6 heterocycles. The molecule has 1 saturated heterocycles. The topological polar surface area (TPSA) is 111 Å². The minimum atomic E-state index is -0.455. The van der Waals surface area contributed by atoms with E-state index >= 15 is 4.39 Å². The third-order valence-corrected chi connectivity index (χ3v) is 6.49. The van der Waals surface area contributed by atoms with Crippen molar-refractivity contribution in [3.63, 3.8) is 0 Å². The number of hydrogen-bond donors (Lipinski definition) is 3. The number of aromatic nitrogens is 7. The molecule has 1 fully saturated rings. The summed E-state index contributed by atoms with van der Waals surface area (Å²) >= 11 is 0. The molecule has 1 aliphatic rings. The zero-order valence-corrected chi connectivity index (χ0v) is 19.5. The monoisotopic (exact) mass is 471 g/mol. The van der Waals surface area contributed by atoms with Gasteiger partial charge in [0.15, 0.2) is 11.6 Å². The smallest absolute Gasteiger partial charge is 0.161 e. The maximum absolute atomic E-state index is 15.9. The Morgan fingerprint density at radius 2 is 1.86 bits per heavy atom. The predicted octanol–water partition coefficient (Wildman–Crippen LogP) is 4.20. The zero-order chi connectivity index (χ0) is 23.8. The van der Waals surface area contributed by atoms with Crippen molar-refractivity contribution in [3.8, 4) is 22.8 Å². The fourth-order valence-corrected chi connectivity index (χ4v) is 4.73. The van der Waals surface area contributed by atoms with Gasteiger partial charge in [-0.05, 0) is 37.4 Å². The summed E-state index contributed by atoms with van der Waals surface area (Å²) in [6.45, 7) is 5.51. The molecule has 0 spiro atoms. The number of pyridine rings is 3. The number of H-pyrrole nitrogens is 2. The number of nitrogens with one attached hydrogen (secondary N) is 3. The number of piperidine rings is 1. The summed E-state index contributed by atoms with van der Waals surface area (Å²) in [5.74, 6) is 0.0380. The summed E-state index contributed by atoms with van der Waals surface area (Å²) in [5, 5.41) is 10.9. The third kappa shape index (κ3) is 3.89. The van der Waals surface area contributed by atoms with E-state index in [1.165, 1.54) is 6.42 Å². The number of nitrogens with zero attached hydrogens (tertiary/aromatic N) is 6. The van der Waals surface area contributed by atoms with E-state index in [9.17, 15) is 0 Å². The standard InChI is InChI=1S/C25H26FN9/c1-2-27-9-15-8-16(11-28-10-15)22-21(26)20-17(13-30-22)33-34-24(20)25-31-18-12-29-14-19(23(18)32-25)35-6-4-3-5-7-35/h8,10-14,27H,2-7,9H2,1H3,(H,31,32)(H,33,34). The molecule has 0 aromatic carbocycles. The maximum atomic E-state index is 15.9. The van der Waals surface area contributed by atoms with Crippen LogP contribution in [-0.4, -0.2) is 54.8 Å². The highest BCUT2D eigenvalue weighted by Crippen LogP contribution is 2.34. The Morgan fingerprint density at radius 1 is 1.00 bits per heavy atom. The lowest BCUT2D eigenvalue weighted by Crippen LogP contribution is -2.29. The molecule has 6 rings (SSSR count). The minimum Gasteiger partial charge on any atom is -0.368 e. The summed E-state index contributed by atoms with van der Waals surface area (Å²) in [5.41, 5.74) is 5.36. The Kier molecular flexibility index (Phi) is 5.57. The molecule has 0 saturated carbocycles. The van der Waals surface area contributed by atoms with Crippen molar-refractivity contribution in [1.82, 2.24) is 40.4 Å². The van der Waals surface area contributed by atoms with Crippen LogP contribution in [0.1, 0.15) is 31.7 Å². The van der Waals surface area contributed by atoms with Crippen molar-refractivity contribution in [2.24, 2.45) is 0 Å². The Morgan fingerprint density at radius 3 is 2.71 bits per heavy atom. The van der Waals surface area contributed by atoms with Crippen molar-refractivity contribution in [2.45, 2.75) is 32.7 Å². The first kappa shape index (κ1) is 21.6. The van der Waals surface area contributed by atoms with E-state index < -0.39 is 5.82 Å². The lowest BCUT2D eigenvalue weighted by atomic mass is 10.1. The van der Waals surface area contributed by atoms with Crippen LogP contribution in [0.4, 0.5) is 10.1 Å². The van der Waals surface area contributed by atoms with Crippen LogP contribution < -0.4 is 10.2 Å². The van der Waals surface area contributed by atoms with Crippen LogP contribution in [0.2, 0.25) is 0 Å². The highest BCUT2D eigenvalue weighted by molar-refractivity contribution is 5.97. The van der Waals surface area contributed by atoms with Crippen molar-refractivity contribution in [2.75, 3.05) is 24.5 Å². The molecule has 0 radical (unpaired) electrons. The van der Waals surface area contributed by atoms with Crippen molar-refractivity contribution >= 4 is 27.6 Å². The number of aromatic amines is 2. The second kappa shape index (κ2) is 9.03. The SMILES string of the molecule is CCNCc1cncc(-c2ncc3[nH]nc(-c4nc5c(N6CCCCC6)cncc5[nH]4)c3c2F)c1. The summed E-state index contributed by atoms with van der Waals surface area (Å²) in [6, 6.07) is 1.91.